The van der Waals surface area contributed by atoms with Crippen molar-refractivity contribution in [2.75, 3.05) is 6.54 Å². The predicted molar refractivity (Wildman–Crippen MR) is 84.7 cm³/mol. The molecule has 1 saturated carbocycles. The monoisotopic (exact) mass is 304 g/mol. The SMILES string of the molecule is O=C(CCNC(=O)Oc1ccccc1)NC1CCCCCC1. The summed E-state index contributed by atoms with van der Waals surface area (Å²) in [4.78, 5) is 23.4. The standard InChI is InChI=1S/C17H24N2O3/c20-16(19-14-8-4-1-2-5-9-14)12-13-18-17(21)22-15-10-6-3-7-11-15/h3,6-7,10-11,14H,1-2,4-5,8-9,12-13H2,(H,18,21)(H,19,20). The zero-order chi connectivity index (χ0) is 15.6. The lowest BCUT2D eigenvalue weighted by Crippen LogP contribution is -2.37. The molecule has 1 fully saturated rings. The first-order chi connectivity index (χ1) is 10.7. The second-order valence-corrected chi connectivity index (χ2v) is 5.64. The second kappa shape index (κ2) is 9.07. The van der Waals surface area contributed by atoms with Crippen molar-refractivity contribution in [1.29, 1.82) is 0 Å². The minimum Gasteiger partial charge on any atom is -0.410 e. The maximum absolute atomic E-state index is 11.9. The van der Waals surface area contributed by atoms with Crippen LogP contribution in [0.25, 0.3) is 0 Å². The van der Waals surface area contributed by atoms with Gasteiger partial charge in [-0.15, -0.1) is 0 Å². The van der Waals surface area contributed by atoms with Crippen LogP contribution in [0.4, 0.5) is 4.79 Å². The Labute approximate surface area is 131 Å². The van der Waals surface area contributed by atoms with Gasteiger partial charge in [-0.3, -0.25) is 4.79 Å². The van der Waals surface area contributed by atoms with E-state index in [1.165, 1.54) is 25.7 Å². The van der Waals surface area contributed by atoms with E-state index in [9.17, 15) is 9.59 Å². The summed E-state index contributed by atoms with van der Waals surface area (Å²) in [6.07, 6.45) is 6.77. The van der Waals surface area contributed by atoms with E-state index in [1.54, 1.807) is 24.3 Å². The van der Waals surface area contributed by atoms with Crippen molar-refractivity contribution in [3.63, 3.8) is 0 Å². The highest BCUT2D eigenvalue weighted by atomic mass is 16.6. The van der Waals surface area contributed by atoms with Gasteiger partial charge in [-0.1, -0.05) is 43.9 Å². The van der Waals surface area contributed by atoms with Gasteiger partial charge in [0.2, 0.25) is 5.91 Å². The molecule has 2 amide bonds. The average molecular weight is 304 g/mol. The van der Waals surface area contributed by atoms with Crippen LogP contribution in [0.3, 0.4) is 0 Å². The molecule has 2 N–H and O–H groups in total. The average Bonchev–Trinajstić information content (AvgIpc) is 2.77. The minimum absolute atomic E-state index is 0.00749. The summed E-state index contributed by atoms with van der Waals surface area (Å²) in [6.45, 7) is 0.282. The molecule has 22 heavy (non-hydrogen) atoms. The Kier molecular flexibility index (Phi) is 6.74. The Hall–Kier alpha value is -2.04. The Morgan fingerprint density at radius 3 is 2.41 bits per heavy atom. The van der Waals surface area contributed by atoms with E-state index in [2.05, 4.69) is 10.6 Å². The van der Waals surface area contributed by atoms with Crippen LogP contribution in [-0.2, 0) is 4.79 Å². The second-order valence-electron chi connectivity index (χ2n) is 5.64. The zero-order valence-corrected chi connectivity index (χ0v) is 12.8. The lowest BCUT2D eigenvalue weighted by molar-refractivity contribution is -0.121. The van der Waals surface area contributed by atoms with E-state index in [1.807, 2.05) is 6.07 Å². The number of ether oxygens (including phenoxy) is 1. The van der Waals surface area contributed by atoms with Gasteiger partial charge in [0, 0.05) is 19.0 Å². The fourth-order valence-electron chi connectivity index (χ4n) is 2.63. The number of amides is 2. The van der Waals surface area contributed by atoms with Gasteiger partial charge in [0.15, 0.2) is 0 Å². The van der Waals surface area contributed by atoms with Gasteiger partial charge < -0.3 is 15.4 Å². The first-order valence-electron chi connectivity index (χ1n) is 8.04. The summed E-state index contributed by atoms with van der Waals surface area (Å²) in [5.74, 6) is 0.481. The Morgan fingerprint density at radius 1 is 1.05 bits per heavy atom. The Balaban J connectivity index is 1.61. The molecule has 1 aromatic rings. The van der Waals surface area contributed by atoms with Gasteiger partial charge in [0.1, 0.15) is 5.75 Å². The minimum atomic E-state index is -0.534. The van der Waals surface area contributed by atoms with Crippen LogP contribution in [0.5, 0.6) is 5.75 Å². The van der Waals surface area contributed by atoms with E-state index < -0.39 is 6.09 Å². The molecule has 0 bridgehead atoms. The van der Waals surface area contributed by atoms with E-state index >= 15 is 0 Å². The fourth-order valence-corrected chi connectivity index (χ4v) is 2.63. The maximum atomic E-state index is 11.9. The number of benzene rings is 1. The van der Waals surface area contributed by atoms with Gasteiger partial charge >= 0.3 is 6.09 Å². The van der Waals surface area contributed by atoms with E-state index in [4.69, 9.17) is 4.74 Å². The molecule has 120 valence electrons. The normalized spacial score (nSPS) is 15.6. The third-order valence-electron chi connectivity index (χ3n) is 3.80. The molecule has 0 unspecified atom stereocenters. The molecule has 0 atom stereocenters. The number of hydrogen-bond acceptors (Lipinski definition) is 3. The van der Waals surface area contributed by atoms with Crippen molar-refractivity contribution in [1.82, 2.24) is 10.6 Å². The largest absolute Gasteiger partial charge is 0.412 e. The summed E-state index contributed by atoms with van der Waals surface area (Å²) in [5.41, 5.74) is 0. The lowest BCUT2D eigenvalue weighted by Gasteiger charge is -2.16. The molecule has 0 radical (unpaired) electrons. The van der Waals surface area contributed by atoms with Crippen LogP contribution in [-0.4, -0.2) is 24.6 Å². The number of carbonyl (C=O) groups excluding carboxylic acids is 2. The number of carbonyl (C=O) groups is 2. The summed E-state index contributed by atoms with van der Waals surface area (Å²) < 4.78 is 5.08. The molecular weight excluding hydrogens is 280 g/mol. The number of hydrogen-bond donors (Lipinski definition) is 2. The first kappa shape index (κ1) is 16.3. The van der Waals surface area contributed by atoms with E-state index in [-0.39, 0.29) is 18.9 Å². The lowest BCUT2D eigenvalue weighted by atomic mass is 10.1. The predicted octanol–water partition coefficient (Wildman–Crippen LogP) is 3.00. The molecule has 1 aliphatic rings. The number of nitrogens with one attached hydrogen (secondary N) is 2. The Morgan fingerprint density at radius 2 is 1.73 bits per heavy atom. The van der Waals surface area contributed by atoms with Crippen molar-refractivity contribution in [3.8, 4) is 5.75 Å². The van der Waals surface area contributed by atoms with Gasteiger partial charge in [-0.25, -0.2) is 4.79 Å². The smallest absolute Gasteiger partial charge is 0.410 e. The topological polar surface area (TPSA) is 67.4 Å². The van der Waals surface area contributed by atoms with Crippen LogP contribution < -0.4 is 15.4 Å². The molecule has 0 heterocycles. The summed E-state index contributed by atoms with van der Waals surface area (Å²) in [6, 6.07) is 9.15. The van der Waals surface area contributed by atoms with Crippen molar-refractivity contribution in [2.45, 2.75) is 51.0 Å². The molecule has 0 spiro atoms. The van der Waals surface area contributed by atoms with Crippen molar-refractivity contribution in [2.24, 2.45) is 0 Å². The number of para-hydroxylation sites is 1. The van der Waals surface area contributed by atoms with Crippen molar-refractivity contribution >= 4 is 12.0 Å². The van der Waals surface area contributed by atoms with Gasteiger partial charge in [0.05, 0.1) is 0 Å². The molecular formula is C17H24N2O3. The molecule has 0 saturated heterocycles. The van der Waals surface area contributed by atoms with Crippen LogP contribution in [0.15, 0.2) is 30.3 Å². The third-order valence-corrected chi connectivity index (χ3v) is 3.80. The molecule has 1 aromatic carbocycles. The molecule has 0 aromatic heterocycles. The molecule has 5 nitrogen and oxygen atoms in total. The highest BCUT2D eigenvalue weighted by molar-refractivity contribution is 5.77. The molecule has 2 rings (SSSR count). The highest BCUT2D eigenvalue weighted by Gasteiger charge is 2.14. The van der Waals surface area contributed by atoms with Gasteiger partial charge in [0.25, 0.3) is 0 Å². The van der Waals surface area contributed by atoms with E-state index in [0.29, 0.717) is 11.8 Å². The molecule has 1 aliphatic carbocycles. The van der Waals surface area contributed by atoms with Crippen LogP contribution in [0.1, 0.15) is 44.9 Å². The summed E-state index contributed by atoms with van der Waals surface area (Å²) >= 11 is 0. The van der Waals surface area contributed by atoms with Gasteiger partial charge in [-0.05, 0) is 25.0 Å². The maximum Gasteiger partial charge on any atom is 0.412 e. The summed E-state index contributed by atoms with van der Waals surface area (Å²) in [5, 5.41) is 5.64. The van der Waals surface area contributed by atoms with Crippen LogP contribution in [0, 0.1) is 0 Å². The highest BCUT2D eigenvalue weighted by Crippen LogP contribution is 2.17. The summed E-state index contributed by atoms with van der Waals surface area (Å²) in [7, 11) is 0. The van der Waals surface area contributed by atoms with Crippen LogP contribution >= 0.6 is 0 Å². The number of rotatable bonds is 5. The fraction of sp³-hybridized carbons (Fsp3) is 0.529. The zero-order valence-electron chi connectivity index (χ0n) is 12.8. The molecule has 0 aliphatic heterocycles. The van der Waals surface area contributed by atoms with Crippen molar-refractivity contribution in [3.05, 3.63) is 30.3 Å². The van der Waals surface area contributed by atoms with Gasteiger partial charge in [-0.2, -0.15) is 0 Å². The quantitative estimate of drug-likeness (QED) is 0.822. The molecule has 5 heteroatoms. The van der Waals surface area contributed by atoms with Crippen LogP contribution in [0.2, 0.25) is 0 Å². The van der Waals surface area contributed by atoms with Crippen molar-refractivity contribution < 1.29 is 14.3 Å². The third kappa shape index (κ3) is 6.16. The van der Waals surface area contributed by atoms with E-state index in [0.717, 1.165) is 12.8 Å². The first-order valence-corrected chi connectivity index (χ1v) is 8.04. The Bertz CT molecular complexity index is 468.